The number of rotatable bonds is 4. The van der Waals surface area contributed by atoms with Crippen LogP contribution in [0.2, 0.25) is 0 Å². The van der Waals surface area contributed by atoms with Crippen LogP contribution in [-0.4, -0.2) is 32.2 Å². The highest BCUT2D eigenvalue weighted by molar-refractivity contribution is 5.74. The Hall–Kier alpha value is -2.05. The summed E-state index contributed by atoms with van der Waals surface area (Å²) in [5, 5.41) is 0. The van der Waals surface area contributed by atoms with Crippen LogP contribution < -0.4 is 16.1 Å². The number of H-pyrrole nitrogens is 1. The van der Waals surface area contributed by atoms with E-state index in [1.165, 1.54) is 11.0 Å². The number of piperidine rings is 1. The van der Waals surface area contributed by atoms with Crippen LogP contribution in [0.15, 0.2) is 9.59 Å². The molecule has 23 heavy (non-hydrogen) atoms. The third-order valence-corrected chi connectivity index (χ3v) is 4.66. The topological polar surface area (TPSA) is 75.9 Å². The van der Waals surface area contributed by atoms with Crippen molar-refractivity contribution in [3.8, 4) is 0 Å². The number of aromatic amines is 1. The molecule has 1 N–H and O–H groups in total. The van der Waals surface area contributed by atoms with Crippen LogP contribution in [0.4, 0.5) is 5.95 Å². The van der Waals surface area contributed by atoms with Crippen molar-refractivity contribution < 1.29 is 0 Å². The Kier molecular flexibility index (Phi) is 4.28. The van der Waals surface area contributed by atoms with Crippen molar-refractivity contribution >= 4 is 17.1 Å². The van der Waals surface area contributed by atoms with Crippen molar-refractivity contribution in [2.24, 2.45) is 13.0 Å². The van der Waals surface area contributed by atoms with Gasteiger partial charge in [-0.1, -0.05) is 20.3 Å². The molecule has 0 saturated carbocycles. The summed E-state index contributed by atoms with van der Waals surface area (Å²) >= 11 is 0. The molecule has 0 radical (unpaired) electrons. The summed E-state index contributed by atoms with van der Waals surface area (Å²) in [5.41, 5.74) is 0.223. The first-order valence-corrected chi connectivity index (χ1v) is 8.47. The van der Waals surface area contributed by atoms with E-state index in [-0.39, 0.29) is 5.56 Å². The molecule has 1 saturated heterocycles. The molecule has 7 nitrogen and oxygen atoms in total. The zero-order valence-electron chi connectivity index (χ0n) is 14.1. The van der Waals surface area contributed by atoms with Gasteiger partial charge in [0, 0.05) is 26.7 Å². The number of hydrogen-bond acceptors (Lipinski definition) is 4. The van der Waals surface area contributed by atoms with E-state index in [0.29, 0.717) is 17.1 Å². The van der Waals surface area contributed by atoms with Crippen molar-refractivity contribution in [3.05, 3.63) is 20.8 Å². The monoisotopic (exact) mass is 319 g/mol. The average Bonchev–Trinajstić information content (AvgIpc) is 2.91. The Morgan fingerprint density at radius 3 is 2.83 bits per heavy atom. The number of hydrogen-bond donors (Lipinski definition) is 1. The Labute approximate surface area is 134 Å². The predicted octanol–water partition coefficient (Wildman–Crippen LogP) is 1.46. The molecule has 0 aromatic carbocycles. The number of aromatic nitrogens is 4. The summed E-state index contributed by atoms with van der Waals surface area (Å²) in [7, 11) is 1.65. The molecule has 0 amide bonds. The molecule has 0 aliphatic carbocycles. The predicted molar refractivity (Wildman–Crippen MR) is 91.1 cm³/mol. The van der Waals surface area contributed by atoms with Crippen LogP contribution in [0, 0.1) is 5.92 Å². The van der Waals surface area contributed by atoms with Gasteiger partial charge in [-0.2, -0.15) is 4.98 Å². The summed E-state index contributed by atoms with van der Waals surface area (Å²) in [6, 6.07) is 0. The second-order valence-corrected chi connectivity index (χ2v) is 6.60. The summed E-state index contributed by atoms with van der Waals surface area (Å²) < 4.78 is 3.42. The molecule has 126 valence electrons. The number of aryl methyl sites for hydroxylation is 2. The SMILES string of the molecule is CCCCn1c(N2CCC[C@@H](C)C2)nc2c1c(=O)[nH]c(=O)n2C. The molecule has 0 bridgehead atoms. The molecule has 1 fully saturated rings. The van der Waals surface area contributed by atoms with E-state index in [1.54, 1.807) is 7.05 Å². The number of imidazole rings is 1. The third-order valence-electron chi connectivity index (χ3n) is 4.66. The maximum atomic E-state index is 12.3. The first kappa shape index (κ1) is 15.8. The van der Waals surface area contributed by atoms with E-state index in [2.05, 4.69) is 28.7 Å². The van der Waals surface area contributed by atoms with Gasteiger partial charge in [-0.05, 0) is 25.2 Å². The Morgan fingerprint density at radius 1 is 1.35 bits per heavy atom. The fraction of sp³-hybridized carbons (Fsp3) is 0.688. The standard InChI is InChI=1S/C16H25N5O2/c1-4-5-9-21-12-13(19(3)16(23)18-14(12)22)17-15(21)20-8-6-7-11(2)10-20/h11H,4-10H2,1-3H3,(H,18,22,23)/t11-/m1/s1. The minimum absolute atomic E-state index is 0.344. The molecule has 1 aliphatic heterocycles. The van der Waals surface area contributed by atoms with Crippen LogP contribution in [-0.2, 0) is 13.6 Å². The first-order chi connectivity index (χ1) is 11.0. The number of nitrogens with one attached hydrogen (secondary N) is 1. The molecule has 3 rings (SSSR count). The molecule has 7 heteroatoms. The minimum Gasteiger partial charge on any atom is -0.342 e. The van der Waals surface area contributed by atoms with E-state index in [0.717, 1.165) is 44.8 Å². The highest BCUT2D eigenvalue weighted by Gasteiger charge is 2.24. The van der Waals surface area contributed by atoms with Gasteiger partial charge in [-0.25, -0.2) is 4.79 Å². The van der Waals surface area contributed by atoms with Gasteiger partial charge in [-0.3, -0.25) is 14.3 Å². The summed E-state index contributed by atoms with van der Waals surface area (Å²) in [5.74, 6) is 1.44. The highest BCUT2D eigenvalue weighted by Crippen LogP contribution is 2.25. The largest absolute Gasteiger partial charge is 0.342 e. The third kappa shape index (κ3) is 2.80. The van der Waals surface area contributed by atoms with E-state index in [4.69, 9.17) is 0 Å². The van der Waals surface area contributed by atoms with Gasteiger partial charge in [0.15, 0.2) is 11.2 Å². The fourth-order valence-electron chi connectivity index (χ4n) is 3.36. The normalized spacial score (nSPS) is 18.7. The van der Waals surface area contributed by atoms with Gasteiger partial charge in [0.25, 0.3) is 5.56 Å². The summed E-state index contributed by atoms with van der Waals surface area (Å²) in [6.45, 7) is 7.01. The van der Waals surface area contributed by atoms with Crippen molar-refractivity contribution in [2.45, 2.75) is 46.1 Å². The lowest BCUT2D eigenvalue weighted by molar-refractivity contribution is 0.437. The van der Waals surface area contributed by atoms with E-state index in [9.17, 15) is 9.59 Å². The summed E-state index contributed by atoms with van der Waals surface area (Å²) in [6.07, 6.45) is 4.38. The second-order valence-electron chi connectivity index (χ2n) is 6.60. The van der Waals surface area contributed by atoms with Crippen molar-refractivity contribution in [1.82, 2.24) is 19.1 Å². The number of nitrogens with zero attached hydrogens (tertiary/aromatic N) is 4. The molecule has 2 aromatic heterocycles. The van der Waals surface area contributed by atoms with Gasteiger partial charge >= 0.3 is 5.69 Å². The van der Waals surface area contributed by atoms with Crippen molar-refractivity contribution in [3.63, 3.8) is 0 Å². The van der Waals surface area contributed by atoms with Crippen LogP contribution in [0.3, 0.4) is 0 Å². The molecule has 0 unspecified atom stereocenters. The van der Waals surface area contributed by atoms with E-state index in [1.807, 2.05) is 4.57 Å². The lowest BCUT2D eigenvalue weighted by Gasteiger charge is -2.32. The maximum Gasteiger partial charge on any atom is 0.329 e. The van der Waals surface area contributed by atoms with Gasteiger partial charge in [0.1, 0.15) is 0 Å². The maximum absolute atomic E-state index is 12.3. The first-order valence-electron chi connectivity index (χ1n) is 8.47. The van der Waals surface area contributed by atoms with Gasteiger partial charge < -0.3 is 9.47 Å². The zero-order chi connectivity index (χ0) is 16.6. The smallest absolute Gasteiger partial charge is 0.329 e. The number of fused-ring (bicyclic) bond motifs is 1. The molecule has 3 heterocycles. The van der Waals surface area contributed by atoms with Crippen LogP contribution >= 0.6 is 0 Å². The quantitative estimate of drug-likeness (QED) is 0.925. The number of anilines is 1. The van der Waals surface area contributed by atoms with Gasteiger partial charge in [0.2, 0.25) is 5.95 Å². The number of unbranched alkanes of at least 4 members (excludes halogenated alkanes) is 1. The molecule has 1 atom stereocenters. The molecule has 2 aromatic rings. The lowest BCUT2D eigenvalue weighted by atomic mass is 10.0. The van der Waals surface area contributed by atoms with Crippen LogP contribution in [0.1, 0.15) is 39.5 Å². The van der Waals surface area contributed by atoms with Crippen LogP contribution in [0.5, 0.6) is 0 Å². The Balaban J connectivity index is 2.19. The molecular formula is C16H25N5O2. The van der Waals surface area contributed by atoms with Gasteiger partial charge in [-0.15, -0.1) is 0 Å². The fourth-order valence-corrected chi connectivity index (χ4v) is 3.36. The summed E-state index contributed by atoms with van der Waals surface area (Å²) in [4.78, 5) is 33.5. The second kappa shape index (κ2) is 6.22. The molecule has 0 spiro atoms. The van der Waals surface area contributed by atoms with Gasteiger partial charge in [0.05, 0.1) is 0 Å². The van der Waals surface area contributed by atoms with Crippen LogP contribution in [0.25, 0.3) is 11.2 Å². The molecular weight excluding hydrogens is 294 g/mol. The lowest BCUT2D eigenvalue weighted by Crippen LogP contribution is -2.36. The minimum atomic E-state index is -0.416. The van der Waals surface area contributed by atoms with Crippen molar-refractivity contribution in [1.29, 1.82) is 0 Å². The Morgan fingerprint density at radius 2 is 2.13 bits per heavy atom. The highest BCUT2D eigenvalue weighted by atomic mass is 16.2. The zero-order valence-corrected chi connectivity index (χ0v) is 14.1. The average molecular weight is 319 g/mol. The Bertz CT molecular complexity index is 816. The molecule has 1 aliphatic rings. The van der Waals surface area contributed by atoms with E-state index >= 15 is 0 Å². The van der Waals surface area contributed by atoms with E-state index < -0.39 is 5.69 Å². The van der Waals surface area contributed by atoms with Crippen molar-refractivity contribution in [2.75, 3.05) is 18.0 Å².